The van der Waals surface area contributed by atoms with Gasteiger partial charge in [-0.15, -0.1) is 0 Å². The van der Waals surface area contributed by atoms with Gasteiger partial charge in [-0.05, 0) is 76.2 Å². The zero-order chi connectivity index (χ0) is 22.9. The SMILES string of the molecule is Cc1ccc(-n2c3cc(=NC(C)C)c(Nc4cccnc4C)cc-3nc3ccccc32)cc1. The van der Waals surface area contributed by atoms with E-state index >= 15 is 0 Å². The Labute approximate surface area is 193 Å². The molecule has 2 aromatic carbocycles. The van der Waals surface area contributed by atoms with E-state index in [1.54, 1.807) is 6.20 Å². The van der Waals surface area contributed by atoms with E-state index in [-0.39, 0.29) is 6.04 Å². The number of anilines is 2. The van der Waals surface area contributed by atoms with Crippen molar-refractivity contribution in [3.05, 3.63) is 95.6 Å². The number of hydrogen-bond acceptors (Lipinski definition) is 4. The van der Waals surface area contributed by atoms with Crippen molar-refractivity contribution in [2.24, 2.45) is 4.99 Å². The Morgan fingerprint density at radius 1 is 0.879 bits per heavy atom. The minimum absolute atomic E-state index is 0.152. The van der Waals surface area contributed by atoms with E-state index < -0.39 is 0 Å². The lowest BCUT2D eigenvalue weighted by Gasteiger charge is -2.20. The number of nitrogens with zero attached hydrogens (tertiary/aromatic N) is 4. The van der Waals surface area contributed by atoms with Crippen molar-refractivity contribution < 1.29 is 0 Å². The van der Waals surface area contributed by atoms with Crippen molar-refractivity contribution in [1.29, 1.82) is 0 Å². The summed E-state index contributed by atoms with van der Waals surface area (Å²) in [6, 6.07) is 25.2. The molecule has 2 heterocycles. The van der Waals surface area contributed by atoms with Crippen LogP contribution in [-0.4, -0.2) is 20.6 Å². The average molecular weight is 434 g/mol. The van der Waals surface area contributed by atoms with E-state index in [0.717, 1.165) is 50.5 Å². The van der Waals surface area contributed by atoms with Gasteiger partial charge in [-0.3, -0.25) is 9.98 Å². The standard InChI is InChI=1S/C28H27N5/c1-18(2)30-25-17-28-26(16-24(25)31-22-9-7-15-29-20(22)4)32-23-8-5-6-10-27(23)33(28)21-13-11-19(3)12-14-21/h5-18,31H,1-4H3. The third-order valence-corrected chi connectivity index (χ3v) is 5.66. The molecule has 164 valence electrons. The maximum atomic E-state index is 5.01. The summed E-state index contributed by atoms with van der Waals surface area (Å²) in [5.41, 5.74) is 9.09. The topological polar surface area (TPSA) is 55.1 Å². The van der Waals surface area contributed by atoms with Crippen LogP contribution < -0.4 is 10.7 Å². The van der Waals surface area contributed by atoms with E-state index in [0.29, 0.717) is 0 Å². The Hall–Kier alpha value is -3.99. The minimum Gasteiger partial charge on any atom is -0.352 e. The van der Waals surface area contributed by atoms with Crippen molar-refractivity contribution in [2.75, 3.05) is 5.32 Å². The van der Waals surface area contributed by atoms with Gasteiger partial charge in [0.25, 0.3) is 0 Å². The van der Waals surface area contributed by atoms with Gasteiger partial charge in [-0.1, -0.05) is 29.8 Å². The normalized spacial score (nSPS) is 12.1. The first-order chi connectivity index (χ1) is 16.0. The molecule has 2 aliphatic rings. The van der Waals surface area contributed by atoms with Crippen LogP contribution in [-0.2, 0) is 0 Å². The number of aryl methyl sites for hydroxylation is 2. The zero-order valence-electron chi connectivity index (χ0n) is 19.4. The number of pyridine rings is 1. The van der Waals surface area contributed by atoms with Gasteiger partial charge in [0, 0.05) is 17.9 Å². The number of fused-ring (bicyclic) bond motifs is 2. The maximum Gasteiger partial charge on any atom is 0.0900 e. The quantitative estimate of drug-likeness (QED) is 0.344. The number of rotatable bonds is 4. The van der Waals surface area contributed by atoms with E-state index in [9.17, 15) is 0 Å². The lowest BCUT2D eigenvalue weighted by atomic mass is 10.1. The molecule has 0 atom stereocenters. The van der Waals surface area contributed by atoms with Crippen molar-refractivity contribution in [3.63, 3.8) is 0 Å². The Morgan fingerprint density at radius 3 is 2.42 bits per heavy atom. The summed E-state index contributed by atoms with van der Waals surface area (Å²) in [4.78, 5) is 14.4. The fourth-order valence-corrected chi connectivity index (χ4v) is 4.06. The molecule has 0 saturated heterocycles. The van der Waals surface area contributed by atoms with Crippen LogP contribution in [0.2, 0.25) is 0 Å². The molecule has 0 fully saturated rings. The average Bonchev–Trinajstić information content (AvgIpc) is 2.80. The first-order valence-electron chi connectivity index (χ1n) is 11.2. The molecule has 3 aromatic rings. The predicted octanol–water partition coefficient (Wildman–Crippen LogP) is 6.19. The van der Waals surface area contributed by atoms with Crippen molar-refractivity contribution in [2.45, 2.75) is 33.7 Å². The fraction of sp³-hybridized carbons (Fsp3) is 0.179. The van der Waals surface area contributed by atoms with E-state index in [2.05, 4.69) is 90.2 Å². The van der Waals surface area contributed by atoms with E-state index in [1.165, 1.54) is 5.56 Å². The smallest absolute Gasteiger partial charge is 0.0900 e. The number of benzene rings is 3. The highest BCUT2D eigenvalue weighted by atomic mass is 15.0. The second-order valence-electron chi connectivity index (χ2n) is 8.61. The zero-order valence-corrected chi connectivity index (χ0v) is 19.4. The number of para-hydroxylation sites is 2. The van der Waals surface area contributed by atoms with Crippen molar-refractivity contribution in [1.82, 2.24) is 14.5 Å². The summed E-state index contributed by atoms with van der Waals surface area (Å²) in [6.07, 6.45) is 1.80. The first kappa shape index (κ1) is 20.9. The van der Waals surface area contributed by atoms with Gasteiger partial charge in [-0.2, -0.15) is 0 Å². The summed E-state index contributed by atoms with van der Waals surface area (Å²) < 4.78 is 2.27. The van der Waals surface area contributed by atoms with Crippen LogP contribution in [0.15, 0.2) is 84.0 Å². The van der Waals surface area contributed by atoms with Gasteiger partial charge in [0.1, 0.15) is 0 Å². The van der Waals surface area contributed by atoms with Gasteiger partial charge in [0.05, 0.1) is 44.8 Å². The highest BCUT2D eigenvalue weighted by Crippen LogP contribution is 2.30. The highest BCUT2D eigenvalue weighted by molar-refractivity contribution is 5.84. The summed E-state index contributed by atoms with van der Waals surface area (Å²) in [5.74, 6) is 0. The number of aromatic nitrogens is 3. The molecular formula is C28H27N5. The van der Waals surface area contributed by atoms with Crippen LogP contribution in [0.25, 0.3) is 28.1 Å². The number of hydrogen-bond donors (Lipinski definition) is 1. The lowest BCUT2D eigenvalue weighted by molar-refractivity contribution is 0.806. The third kappa shape index (κ3) is 4.10. The van der Waals surface area contributed by atoms with Gasteiger partial charge in [0.15, 0.2) is 0 Å². The van der Waals surface area contributed by atoms with Crippen LogP contribution >= 0.6 is 0 Å². The molecule has 5 heteroatoms. The monoisotopic (exact) mass is 433 g/mol. The molecule has 1 N–H and O–H groups in total. The summed E-state index contributed by atoms with van der Waals surface area (Å²) in [7, 11) is 0. The molecule has 0 spiro atoms. The summed E-state index contributed by atoms with van der Waals surface area (Å²) in [5, 5.41) is 4.45. The highest BCUT2D eigenvalue weighted by Gasteiger charge is 2.17. The molecule has 1 aliphatic carbocycles. The van der Waals surface area contributed by atoms with Crippen LogP contribution in [0.5, 0.6) is 0 Å². The van der Waals surface area contributed by atoms with Gasteiger partial charge < -0.3 is 9.88 Å². The lowest BCUT2D eigenvalue weighted by Crippen LogP contribution is -2.16. The van der Waals surface area contributed by atoms with Gasteiger partial charge >= 0.3 is 0 Å². The second kappa shape index (κ2) is 8.51. The first-order valence-corrected chi connectivity index (χ1v) is 11.2. The molecule has 0 amide bonds. The maximum absolute atomic E-state index is 5.01. The largest absolute Gasteiger partial charge is 0.352 e. The van der Waals surface area contributed by atoms with E-state index in [4.69, 9.17) is 9.98 Å². The molecule has 33 heavy (non-hydrogen) atoms. The van der Waals surface area contributed by atoms with Crippen LogP contribution in [0, 0.1) is 13.8 Å². The molecule has 5 rings (SSSR count). The minimum atomic E-state index is 0.152. The molecule has 1 aliphatic heterocycles. The molecule has 1 aromatic heterocycles. The predicted molar refractivity (Wildman–Crippen MR) is 135 cm³/mol. The van der Waals surface area contributed by atoms with E-state index in [1.807, 2.05) is 25.1 Å². The summed E-state index contributed by atoms with van der Waals surface area (Å²) >= 11 is 0. The van der Waals surface area contributed by atoms with Crippen molar-refractivity contribution >= 4 is 22.4 Å². The van der Waals surface area contributed by atoms with Crippen LogP contribution in [0.4, 0.5) is 11.4 Å². The van der Waals surface area contributed by atoms with Crippen molar-refractivity contribution in [3.8, 4) is 17.1 Å². The Bertz CT molecular complexity index is 1480. The molecule has 5 nitrogen and oxygen atoms in total. The Balaban J connectivity index is 1.83. The van der Waals surface area contributed by atoms with Gasteiger partial charge in [0.2, 0.25) is 0 Å². The fourth-order valence-electron chi connectivity index (χ4n) is 4.06. The molecule has 0 radical (unpaired) electrons. The number of nitrogens with one attached hydrogen (secondary N) is 1. The molecular weight excluding hydrogens is 406 g/mol. The molecule has 0 unspecified atom stereocenters. The molecule has 0 saturated carbocycles. The van der Waals surface area contributed by atoms with Crippen LogP contribution in [0.1, 0.15) is 25.1 Å². The Kier molecular flexibility index (Phi) is 5.38. The van der Waals surface area contributed by atoms with Crippen LogP contribution in [0.3, 0.4) is 0 Å². The molecule has 0 bridgehead atoms. The van der Waals surface area contributed by atoms with Gasteiger partial charge in [-0.25, -0.2) is 4.98 Å². The third-order valence-electron chi connectivity index (χ3n) is 5.66. The second-order valence-corrected chi connectivity index (χ2v) is 8.61. The Morgan fingerprint density at radius 2 is 1.67 bits per heavy atom. The summed E-state index contributed by atoms with van der Waals surface area (Å²) in [6.45, 7) is 8.29.